The van der Waals surface area contributed by atoms with Gasteiger partial charge in [0.25, 0.3) is 7.82 Å². The second-order valence-electron chi connectivity index (χ2n) is 22.7. The number of phosphoric ester groups is 1. The predicted octanol–water partition coefficient (Wildman–Crippen LogP) is 19.7. The van der Waals surface area contributed by atoms with E-state index in [1.54, 1.807) is 6.08 Å². The quantitative estimate of drug-likeness (QED) is 0.0272. The van der Waals surface area contributed by atoms with Crippen molar-refractivity contribution >= 4 is 13.7 Å². The van der Waals surface area contributed by atoms with Gasteiger partial charge in [0.05, 0.1) is 39.9 Å². The Hall–Kier alpha value is -2.84. The van der Waals surface area contributed by atoms with E-state index in [1.165, 1.54) is 148 Å². The minimum absolute atomic E-state index is 0.0163. The Morgan fingerprint density at radius 1 is 0.462 bits per heavy atom. The summed E-state index contributed by atoms with van der Waals surface area (Å²) in [4.78, 5) is 25.6. The Labute approximate surface area is 482 Å². The van der Waals surface area contributed by atoms with Gasteiger partial charge in [-0.05, 0) is 89.9 Å². The lowest BCUT2D eigenvalue weighted by Crippen LogP contribution is -2.45. The second kappa shape index (κ2) is 58.8. The van der Waals surface area contributed by atoms with Crippen LogP contribution in [0.4, 0.5) is 0 Å². The van der Waals surface area contributed by atoms with Crippen LogP contribution in [0.2, 0.25) is 0 Å². The van der Waals surface area contributed by atoms with Crippen LogP contribution in [0.5, 0.6) is 0 Å². The van der Waals surface area contributed by atoms with Gasteiger partial charge in [0.1, 0.15) is 13.2 Å². The van der Waals surface area contributed by atoms with E-state index in [0.717, 1.165) is 103 Å². The first-order valence-corrected chi connectivity index (χ1v) is 33.7. The Bertz CT molecular complexity index is 1640. The highest BCUT2D eigenvalue weighted by atomic mass is 31.2. The van der Waals surface area contributed by atoms with Gasteiger partial charge < -0.3 is 28.8 Å². The molecule has 0 fully saturated rings. The van der Waals surface area contributed by atoms with Crippen molar-refractivity contribution in [1.29, 1.82) is 0 Å². The fourth-order valence-electron chi connectivity index (χ4n) is 8.97. The van der Waals surface area contributed by atoms with Crippen molar-refractivity contribution < 1.29 is 32.9 Å². The van der Waals surface area contributed by atoms with Gasteiger partial charge in [-0.25, -0.2) is 0 Å². The number of rotatable bonds is 58. The Morgan fingerprint density at radius 3 is 1.19 bits per heavy atom. The number of hydrogen-bond acceptors (Lipinski definition) is 6. The predicted molar refractivity (Wildman–Crippen MR) is 339 cm³/mol. The summed E-state index contributed by atoms with van der Waals surface area (Å²) >= 11 is 0. The molecule has 0 radical (unpaired) electrons. The molecule has 3 atom stereocenters. The molecule has 0 saturated carbocycles. The Kier molecular flexibility index (Phi) is 56.7. The number of allylic oxidation sites excluding steroid dienone is 17. The minimum atomic E-state index is -4.62. The maximum Gasteiger partial charge on any atom is 0.268 e. The van der Waals surface area contributed by atoms with Gasteiger partial charge in [-0.15, -0.1) is 0 Å². The number of aliphatic hydroxyl groups is 1. The fourth-order valence-corrected chi connectivity index (χ4v) is 9.70. The molecule has 1 amide bonds. The molecule has 0 spiro atoms. The van der Waals surface area contributed by atoms with Crippen LogP contribution in [0, 0.1) is 0 Å². The van der Waals surface area contributed by atoms with Crippen LogP contribution in [0.3, 0.4) is 0 Å². The van der Waals surface area contributed by atoms with E-state index in [-0.39, 0.29) is 12.5 Å². The number of likely N-dealkylation sites (N-methyl/N-ethyl adjacent to an activating group) is 1. The zero-order valence-electron chi connectivity index (χ0n) is 51.3. The molecule has 0 aromatic heterocycles. The highest BCUT2D eigenvalue weighted by Gasteiger charge is 2.23. The minimum Gasteiger partial charge on any atom is -0.756 e. The van der Waals surface area contributed by atoms with Crippen LogP contribution in [0.1, 0.15) is 271 Å². The van der Waals surface area contributed by atoms with Gasteiger partial charge >= 0.3 is 0 Å². The van der Waals surface area contributed by atoms with E-state index in [9.17, 15) is 19.4 Å². The average molecular weight is 1110 g/mol. The van der Waals surface area contributed by atoms with Crippen LogP contribution in [-0.2, 0) is 18.4 Å². The molecule has 0 heterocycles. The standard InChI is InChI=1S/C69H123N2O6P/c1-6-8-10-12-14-16-18-20-22-24-26-28-30-32-34-35-37-38-40-42-44-46-48-50-52-54-56-58-60-62-68(72)67(66-77-78(74,75)76-65-64-71(3,4)5)70-69(73)63-61-59-57-55-53-51-49-47-45-43-41-39-36-33-31-29-27-25-23-21-19-17-15-13-11-9-7-2/h9,11,15,17,21,23,27,29,33,36,41,43,47,49,52,54,60,62,67-68,72H,6-8,10,12-14,16,18-20,22,24-26,28,30-32,34-35,37-40,42,44-46,48,50-51,53,55-59,61,63-66H2,1-5H3,(H-,70,73,74,75)/b11-9-,17-15-,23-21-,29-27-,36-33-,43-41-,49-47-,54-52+,62-60+. The van der Waals surface area contributed by atoms with Crippen LogP contribution in [0.25, 0.3) is 0 Å². The summed E-state index contributed by atoms with van der Waals surface area (Å²) in [6.45, 7) is 4.51. The number of phosphoric acid groups is 1. The molecule has 0 rings (SSSR count). The number of nitrogens with zero attached hydrogens (tertiary/aromatic N) is 1. The number of aliphatic hydroxyl groups excluding tert-OH is 1. The third-order valence-corrected chi connectivity index (χ3v) is 14.9. The number of quaternary nitrogens is 1. The number of amides is 1. The molecule has 9 heteroatoms. The molecule has 2 N–H and O–H groups in total. The van der Waals surface area contributed by atoms with Gasteiger partial charge in [-0.2, -0.15) is 0 Å². The molecule has 0 bridgehead atoms. The molecule has 3 unspecified atom stereocenters. The Balaban J connectivity index is 4.25. The normalized spacial score (nSPS) is 14.5. The van der Waals surface area contributed by atoms with Gasteiger partial charge in [0.15, 0.2) is 0 Å². The summed E-state index contributed by atoms with van der Waals surface area (Å²) in [5, 5.41) is 13.9. The SMILES string of the molecule is CC/C=C\C/C=C\C/C=C\C/C=C\C/C=C\C/C=C\C/C=C\CCCCCCCC(=O)NC(COP(=O)([O-])OCC[N+](C)(C)C)C(O)/C=C/CC/C=C/CCCCCCCCCCCCCCCCCCCCCCCCC. The maximum atomic E-state index is 13.0. The van der Waals surface area contributed by atoms with Crippen LogP contribution in [0.15, 0.2) is 109 Å². The summed E-state index contributed by atoms with van der Waals surface area (Å²) in [6.07, 6.45) is 86.2. The average Bonchev–Trinajstić information content (AvgIpc) is 3.41. The van der Waals surface area contributed by atoms with Gasteiger partial charge in [0.2, 0.25) is 5.91 Å². The number of unbranched alkanes of at least 4 members (excludes halogenated alkanes) is 29. The van der Waals surface area contributed by atoms with E-state index in [4.69, 9.17) is 9.05 Å². The molecule has 0 aliphatic rings. The van der Waals surface area contributed by atoms with E-state index in [1.807, 2.05) is 27.2 Å². The fraction of sp³-hybridized carbons (Fsp3) is 0.725. The van der Waals surface area contributed by atoms with E-state index >= 15 is 0 Å². The third-order valence-electron chi connectivity index (χ3n) is 14.0. The summed E-state index contributed by atoms with van der Waals surface area (Å²) in [5.74, 6) is -0.228. The van der Waals surface area contributed by atoms with Crippen molar-refractivity contribution in [3.63, 3.8) is 0 Å². The van der Waals surface area contributed by atoms with Crippen molar-refractivity contribution in [2.45, 2.75) is 283 Å². The largest absolute Gasteiger partial charge is 0.756 e. The van der Waals surface area contributed by atoms with Gasteiger partial charge in [0, 0.05) is 6.42 Å². The molecule has 0 aromatic rings. The highest BCUT2D eigenvalue weighted by Crippen LogP contribution is 2.38. The van der Waals surface area contributed by atoms with Gasteiger partial charge in [-0.1, -0.05) is 284 Å². The van der Waals surface area contributed by atoms with Crippen molar-refractivity contribution in [2.75, 3.05) is 40.9 Å². The summed E-state index contributed by atoms with van der Waals surface area (Å²) in [6, 6.07) is -0.924. The van der Waals surface area contributed by atoms with E-state index < -0.39 is 26.6 Å². The van der Waals surface area contributed by atoms with Crippen molar-refractivity contribution in [3.05, 3.63) is 109 Å². The lowest BCUT2D eigenvalue weighted by atomic mass is 10.0. The van der Waals surface area contributed by atoms with Gasteiger partial charge in [-0.3, -0.25) is 9.36 Å². The number of carbonyl (C=O) groups is 1. The summed E-state index contributed by atoms with van der Waals surface area (Å²) in [7, 11) is 1.22. The monoisotopic (exact) mass is 1110 g/mol. The molecular formula is C69H123N2O6P. The van der Waals surface area contributed by atoms with Crippen LogP contribution < -0.4 is 10.2 Å². The molecule has 0 saturated heterocycles. The molecule has 450 valence electrons. The molecular weight excluding hydrogens is 984 g/mol. The number of carbonyl (C=O) groups excluding carboxylic acids is 1. The highest BCUT2D eigenvalue weighted by molar-refractivity contribution is 7.45. The zero-order chi connectivity index (χ0) is 57.0. The number of nitrogens with one attached hydrogen (secondary N) is 1. The Morgan fingerprint density at radius 2 is 0.795 bits per heavy atom. The number of hydrogen-bond donors (Lipinski definition) is 2. The molecule has 0 aromatic carbocycles. The third kappa shape index (κ3) is 60.8. The zero-order valence-corrected chi connectivity index (χ0v) is 52.2. The maximum absolute atomic E-state index is 13.0. The first-order valence-electron chi connectivity index (χ1n) is 32.2. The van der Waals surface area contributed by atoms with Crippen LogP contribution in [-0.4, -0.2) is 68.5 Å². The molecule has 0 aliphatic heterocycles. The molecule has 8 nitrogen and oxygen atoms in total. The van der Waals surface area contributed by atoms with E-state index in [2.05, 4.69) is 116 Å². The molecule has 0 aliphatic carbocycles. The lowest BCUT2D eigenvalue weighted by molar-refractivity contribution is -0.870. The first-order chi connectivity index (χ1) is 38.0. The first kappa shape index (κ1) is 75.2. The van der Waals surface area contributed by atoms with Crippen molar-refractivity contribution in [1.82, 2.24) is 5.32 Å². The summed E-state index contributed by atoms with van der Waals surface area (Å²) in [5.41, 5.74) is 0. The van der Waals surface area contributed by atoms with Crippen molar-refractivity contribution in [3.8, 4) is 0 Å². The lowest BCUT2D eigenvalue weighted by Gasteiger charge is -2.29. The topological polar surface area (TPSA) is 108 Å². The summed E-state index contributed by atoms with van der Waals surface area (Å²) < 4.78 is 23.4. The molecule has 78 heavy (non-hydrogen) atoms. The second-order valence-corrected chi connectivity index (χ2v) is 24.1. The smallest absolute Gasteiger partial charge is 0.268 e. The van der Waals surface area contributed by atoms with Crippen molar-refractivity contribution in [2.24, 2.45) is 0 Å². The van der Waals surface area contributed by atoms with Crippen LogP contribution >= 0.6 is 7.82 Å². The van der Waals surface area contributed by atoms with E-state index in [0.29, 0.717) is 17.4 Å².